The molecule has 1 atom stereocenters. The first-order valence-electron chi connectivity index (χ1n) is 8.77. The summed E-state index contributed by atoms with van der Waals surface area (Å²) in [5.74, 6) is -5.38. The molecule has 6 N–H and O–H groups in total. The van der Waals surface area contributed by atoms with E-state index in [1.165, 1.54) is 0 Å². The number of hydrogen-bond acceptors (Lipinski definition) is 4. The van der Waals surface area contributed by atoms with E-state index in [0.29, 0.717) is 24.3 Å². The average Bonchev–Trinajstić information content (AvgIpc) is 2.89. The summed E-state index contributed by atoms with van der Waals surface area (Å²) in [4.78, 5) is 46.5. The van der Waals surface area contributed by atoms with Crippen LogP contribution in [-0.2, 0) is 20.6 Å². The number of hydrogen-bond donors (Lipinski definition) is 4. The third kappa shape index (κ3) is 9.73. The molecule has 10 nitrogen and oxygen atoms in total. The van der Waals surface area contributed by atoms with Gasteiger partial charge >= 0.3 is 24.3 Å². The van der Waals surface area contributed by atoms with Crippen molar-refractivity contribution in [3.05, 3.63) is 47.0 Å². The van der Waals surface area contributed by atoms with E-state index >= 15 is 0 Å². The van der Waals surface area contributed by atoms with Gasteiger partial charge in [0.1, 0.15) is 6.54 Å². The molecule has 0 unspecified atom stereocenters. The van der Waals surface area contributed by atoms with Gasteiger partial charge in [-0.25, -0.2) is 9.59 Å². The summed E-state index contributed by atoms with van der Waals surface area (Å²) >= 11 is 0. The molecule has 0 saturated carbocycles. The van der Waals surface area contributed by atoms with E-state index < -0.39 is 66.6 Å². The molecule has 1 aromatic rings. The average molecular weight is 514 g/mol. The second kappa shape index (κ2) is 11.8. The number of guanidine groups is 1. The molecule has 1 aromatic carbocycles. The van der Waals surface area contributed by atoms with E-state index in [9.17, 15) is 45.5 Å². The topological polar surface area (TPSA) is 176 Å². The molecule has 16 heteroatoms. The number of carbonyl (C=O) groups is 4. The highest BCUT2D eigenvalue weighted by Crippen LogP contribution is 2.41. The first kappa shape index (κ1) is 30.9. The van der Waals surface area contributed by atoms with Crippen LogP contribution in [0.25, 0.3) is 0 Å². The van der Waals surface area contributed by atoms with Gasteiger partial charge in [-0.3, -0.25) is 9.59 Å². The number of amides is 2. The third-order valence-corrected chi connectivity index (χ3v) is 3.95. The van der Waals surface area contributed by atoms with Crippen LogP contribution in [0, 0.1) is 0 Å². The number of nitrogens with zero attached hydrogens (tertiary/aromatic N) is 2. The number of benzene rings is 1. The number of aliphatic carboxylic acids is 2. The van der Waals surface area contributed by atoms with Crippen LogP contribution < -0.4 is 11.5 Å². The van der Waals surface area contributed by atoms with Crippen LogP contribution >= 0.6 is 0 Å². The lowest BCUT2D eigenvalue weighted by atomic mass is 9.99. The van der Waals surface area contributed by atoms with Crippen molar-refractivity contribution < 1.29 is 55.7 Å². The fraction of sp³-hybridized carbons (Fsp3) is 0.316. The van der Waals surface area contributed by atoms with Crippen LogP contribution in [0.2, 0.25) is 0 Å². The van der Waals surface area contributed by atoms with Gasteiger partial charge in [0.15, 0.2) is 5.96 Å². The first-order chi connectivity index (χ1) is 15.4. The fourth-order valence-electron chi connectivity index (χ4n) is 2.77. The Balaban J connectivity index is 0.00000111. The van der Waals surface area contributed by atoms with E-state index in [2.05, 4.69) is 4.99 Å². The maximum Gasteiger partial charge on any atom is 0.416 e. The molecule has 194 valence electrons. The molecular formula is C19H20F6N4O6. The molecule has 0 spiro atoms. The maximum atomic E-state index is 12.9. The summed E-state index contributed by atoms with van der Waals surface area (Å²) in [5.41, 5.74) is 8.17. The van der Waals surface area contributed by atoms with E-state index in [0.717, 1.165) is 6.07 Å². The zero-order valence-corrected chi connectivity index (χ0v) is 16.7. The number of carboxylic acids is 2. The number of halogens is 6. The Labute approximate surface area is 193 Å². The lowest BCUT2D eigenvalue weighted by Gasteiger charge is -2.25. The van der Waals surface area contributed by atoms with Crippen LogP contribution in [0.15, 0.2) is 35.3 Å². The van der Waals surface area contributed by atoms with Crippen molar-refractivity contribution in [1.29, 1.82) is 0 Å². The van der Waals surface area contributed by atoms with E-state index in [4.69, 9.17) is 21.7 Å². The summed E-state index contributed by atoms with van der Waals surface area (Å²) in [6.45, 7) is -1.73. The molecule has 35 heavy (non-hydrogen) atoms. The van der Waals surface area contributed by atoms with Crippen LogP contribution in [0.5, 0.6) is 0 Å². The molecular weight excluding hydrogens is 494 g/mol. The Bertz CT molecular complexity index is 1020. The van der Waals surface area contributed by atoms with Gasteiger partial charge in [-0.2, -0.15) is 31.3 Å². The minimum Gasteiger partial charge on any atom is -0.478 e. The number of alkyl halides is 6. The number of nitrogens with two attached hydrogens (primary N) is 2. The van der Waals surface area contributed by atoms with E-state index in [1.807, 2.05) is 0 Å². The van der Waals surface area contributed by atoms with Crippen LogP contribution in [0.4, 0.5) is 26.3 Å². The molecule has 0 saturated heterocycles. The highest BCUT2D eigenvalue weighted by Gasteiger charge is 2.45. The van der Waals surface area contributed by atoms with Crippen LogP contribution in [0.3, 0.4) is 0 Å². The maximum absolute atomic E-state index is 12.9. The number of carbonyl (C=O) groups excluding carboxylic acids is 2. The Hall–Kier alpha value is -4.11. The van der Waals surface area contributed by atoms with Gasteiger partial charge in [-0.1, -0.05) is 7.43 Å². The summed E-state index contributed by atoms with van der Waals surface area (Å²) in [6, 6.07) is 0.353. The van der Waals surface area contributed by atoms with Gasteiger partial charge in [0.05, 0.1) is 18.0 Å². The van der Waals surface area contributed by atoms with E-state index in [-0.39, 0.29) is 23.5 Å². The smallest absolute Gasteiger partial charge is 0.416 e. The van der Waals surface area contributed by atoms with Gasteiger partial charge in [-0.05, 0) is 23.8 Å². The lowest BCUT2D eigenvalue weighted by Crippen LogP contribution is -2.37. The summed E-state index contributed by atoms with van der Waals surface area (Å²) in [6.07, 6.45) is -9.27. The third-order valence-electron chi connectivity index (χ3n) is 3.95. The minimum atomic E-state index is -4.82. The van der Waals surface area contributed by atoms with Gasteiger partial charge in [-0.15, -0.1) is 0 Å². The van der Waals surface area contributed by atoms with Crippen molar-refractivity contribution in [2.45, 2.75) is 32.2 Å². The van der Waals surface area contributed by atoms with Crippen molar-refractivity contribution in [1.82, 2.24) is 4.90 Å². The molecule has 0 aliphatic carbocycles. The Morgan fingerprint density at radius 1 is 1.03 bits per heavy atom. The van der Waals surface area contributed by atoms with E-state index in [1.54, 1.807) is 0 Å². The Kier molecular flexibility index (Phi) is 10.5. The largest absolute Gasteiger partial charge is 0.478 e. The van der Waals surface area contributed by atoms with Crippen molar-refractivity contribution in [3.63, 3.8) is 0 Å². The molecule has 0 aromatic heterocycles. The summed E-state index contributed by atoms with van der Waals surface area (Å²) in [5, 5.41) is 15.6. The molecule has 0 bridgehead atoms. The number of aliphatic imine (C=N–C) groups is 1. The highest BCUT2D eigenvalue weighted by molar-refractivity contribution is 6.00. The molecule has 1 heterocycles. The molecule has 2 amide bonds. The minimum absolute atomic E-state index is 0. The van der Waals surface area contributed by atoms with Crippen LogP contribution in [-0.4, -0.2) is 57.5 Å². The summed E-state index contributed by atoms with van der Waals surface area (Å²) < 4.78 is 77.0. The van der Waals surface area contributed by atoms with Crippen molar-refractivity contribution in [3.8, 4) is 0 Å². The molecule has 0 fully saturated rings. The van der Waals surface area contributed by atoms with Gasteiger partial charge in [0.2, 0.25) is 0 Å². The van der Waals surface area contributed by atoms with Gasteiger partial charge in [0, 0.05) is 17.7 Å². The SMILES string of the molecule is C.NC(N)=NC(=O)C[C@H]1c2cc(C(F)(F)F)ccc2C(=O)N1CC(F)(F)F.O=C(O)/C=C/C(=O)O. The van der Waals surface area contributed by atoms with Gasteiger partial charge < -0.3 is 26.6 Å². The predicted octanol–water partition coefficient (Wildman–Crippen LogP) is 2.30. The fourth-order valence-corrected chi connectivity index (χ4v) is 2.77. The molecule has 1 aliphatic heterocycles. The zero-order valence-electron chi connectivity index (χ0n) is 16.7. The van der Waals surface area contributed by atoms with Crippen molar-refractivity contribution in [2.24, 2.45) is 16.5 Å². The number of fused-ring (bicyclic) bond motifs is 1. The molecule has 0 radical (unpaired) electrons. The monoisotopic (exact) mass is 514 g/mol. The Morgan fingerprint density at radius 3 is 1.94 bits per heavy atom. The number of carboxylic acid groups (broad SMARTS) is 2. The normalized spacial score (nSPS) is 15.0. The number of rotatable bonds is 5. The summed E-state index contributed by atoms with van der Waals surface area (Å²) in [7, 11) is 0. The van der Waals surface area contributed by atoms with Crippen molar-refractivity contribution >= 4 is 29.7 Å². The van der Waals surface area contributed by atoms with Crippen LogP contribution in [0.1, 0.15) is 41.4 Å². The second-order valence-corrected chi connectivity index (χ2v) is 6.51. The van der Waals surface area contributed by atoms with Gasteiger partial charge in [0.25, 0.3) is 11.8 Å². The predicted molar refractivity (Wildman–Crippen MR) is 108 cm³/mol. The highest BCUT2D eigenvalue weighted by atomic mass is 19.4. The standard InChI is InChI=1S/C14H12F6N4O2.C4H4O4.CH4/c15-13(16,17)5-24-9(4-10(25)23-12(21)22)8-3-6(14(18,19)20)1-2-7(8)11(24)26;5-3(6)1-2-4(7)8;/h1-3,9H,4-5H2,(H4,21,22,23,25);1-2H,(H,5,6)(H,7,8);1H4/b;2-1+;/t9-;;/m0../s1. The quantitative estimate of drug-likeness (QED) is 0.200. The molecule has 1 aliphatic rings. The Morgan fingerprint density at radius 2 is 1.54 bits per heavy atom. The zero-order chi connectivity index (χ0) is 26.4. The molecule has 2 rings (SSSR count). The second-order valence-electron chi connectivity index (χ2n) is 6.51. The van der Waals surface area contributed by atoms with Crippen molar-refractivity contribution in [2.75, 3.05) is 6.54 Å². The first-order valence-corrected chi connectivity index (χ1v) is 8.77. The lowest BCUT2D eigenvalue weighted by molar-refractivity contribution is -0.145.